The number of aromatic nitrogens is 1. The Kier molecular flexibility index (Phi) is 4.49. The van der Waals surface area contributed by atoms with Crippen LogP contribution in [0.2, 0.25) is 0 Å². The second-order valence-electron chi connectivity index (χ2n) is 4.78. The fourth-order valence-corrected chi connectivity index (χ4v) is 1.35. The van der Waals surface area contributed by atoms with Gasteiger partial charge in [-0.25, -0.2) is 0 Å². The topological polar surface area (TPSA) is 59.4 Å². The van der Waals surface area contributed by atoms with Gasteiger partial charge in [0.15, 0.2) is 0 Å². The highest BCUT2D eigenvalue weighted by atomic mass is 16.5. The molecule has 0 bridgehead atoms. The molecular weight excluding hydrogens is 218 g/mol. The molecule has 4 heteroatoms. The van der Waals surface area contributed by atoms with E-state index in [2.05, 4.69) is 4.98 Å². The molecule has 17 heavy (non-hydrogen) atoms. The van der Waals surface area contributed by atoms with Crippen LogP contribution in [-0.2, 0) is 4.79 Å². The lowest BCUT2D eigenvalue weighted by molar-refractivity contribution is -0.147. The van der Waals surface area contributed by atoms with Crippen molar-refractivity contribution in [2.24, 2.45) is 5.41 Å². The standard InChI is InChI=1S/C13H19NO3/c1-10-5-6-11(9-14-10)17-8-4-7-13(2,3)12(15)16/h5-6,9H,4,7-8H2,1-3H3,(H,15,16). The fraction of sp³-hybridized carbons (Fsp3) is 0.538. The van der Waals surface area contributed by atoms with Gasteiger partial charge in [0.05, 0.1) is 18.2 Å². The Hall–Kier alpha value is -1.58. The summed E-state index contributed by atoms with van der Waals surface area (Å²) in [5.41, 5.74) is 0.263. The minimum absolute atomic E-state index is 0.515. The van der Waals surface area contributed by atoms with E-state index in [-0.39, 0.29) is 0 Å². The maximum atomic E-state index is 10.9. The van der Waals surface area contributed by atoms with Crippen molar-refractivity contribution in [3.05, 3.63) is 24.0 Å². The number of hydrogen-bond donors (Lipinski definition) is 1. The molecule has 0 saturated carbocycles. The molecule has 1 aromatic rings. The first-order chi connectivity index (χ1) is 7.92. The van der Waals surface area contributed by atoms with Crippen molar-refractivity contribution >= 4 is 5.97 Å². The second-order valence-corrected chi connectivity index (χ2v) is 4.78. The zero-order valence-corrected chi connectivity index (χ0v) is 10.6. The van der Waals surface area contributed by atoms with Gasteiger partial charge in [0.25, 0.3) is 0 Å². The smallest absolute Gasteiger partial charge is 0.309 e. The summed E-state index contributed by atoms with van der Waals surface area (Å²) in [6, 6.07) is 3.75. The highest BCUT2D eigenvalue weighted by Gasteiger charge is 2.26. The van der Waals surface area contributed by atoms with E-state index >= 15 is 0 Å². The molecule has 0 aliphatic carbocycles. The largest absolute Gasteiger partial charge is 0.492 e. The number of pyridine rings is 1. The van der Waals surface area contributed by atoms with Crippen LogP contribution >= 0.6 is 0 Å². The highest BCUT2D eigenvalue weighted by Crippen LogP contribution is 2.22. The normalized spacial score (nSPS) is 11.2. The monoisotopic (exact) mass is 237 g/mol. The summed E-state index contributed by atoms with van der Waals surface area (Å²) < 4.78 is 5.48. The van der Waals surface area contributed by atoms with Crippen LogP contribution in [0.3, 0.4) is 0 Å². The molecule has 1 rings (SSSR count). The summed E-state index contributed by atoms with van der Waals surface area (Å²) in [6.07, 6.45) is 2.99. The number of nitrogens with zero attached hydrogens (tertiary/aromatic N) is 1. The minimum atomic E-state index is -0.769. The van der Waals surface area contributed by atoms with Gasteiger partial charge in [0.2, 0.25) is 0 Å². The first-order valence-corrected chi connectivity index (χ1v) is 5.71. The SMILES string of the molecule is Cc1ccc(OCCCC(C)(C)C(=O)O)cn1. The van der Waals surface area contributed by atoms with Crippen molar-refractivity contribution in [1.82, 2.24) is 4.98 Å². The Morgan fingerprint density at radius 3 is 2.71 bits per heavy atom. The first-order valence-electron chi connectivity index (χ1n) is 5.71. The van der Waals surface area contributed by atoms with Crippen molar-refractivity contribution in [3.63, 3.8) is 0 Å². The van der Waals surface area contributed by atoms with Gasteiger partial charge >= 0.3 is 5.97 Å². The van der Waals surface area contributed by atoms with Gasteiger partial charge in [-0.1, -0.05) is 0 Å². The van der Waals surface area contributed by atoms with E-state index in [9.17, 15) is 4.79 Å². The van der Waals surface area contributed by atoms with Crippen molar-refractivity contribution in [3.8, 4) is 5.75 Å². The summed E-state index contributed by atoms with van der Waals surface area (Å²) in [5.74, 6) is -0.0433. The maximum absolute atomic E-state index is 10.9. The molecule has 0 amide bonds. The molecule has 0 aliphatic heterocycles. The van der Waals surface area contributed by atoms with Gasteiger partial charge in [0.1, 0.15) is 5.75 Å². The number of carboxylic acid groups (broad SMARTS) is 1. The molecule has 1 heterocycles. The van der Waals surface area contributed by atoms with Crippen LogP contribution < -0.4 is 4.74 Å². The van der Waals surface area contributed by atoms with Gasteiger partial charge in [-0.2, -0.15) is 0 Å². The van der Waals surface area contributed by atoms with Crippen molar-refractivity contribution < 1.29 is 14.6 Å². The Morgan fingerprint density at radius 2 is 2.18 bits per heavy atom. The van der Waals surface area contributed by atoms with Crippen LogP contribution in [-0.4, -0.2) is 22.7 Å². The quantitative estimate of drug-likeness (QED) is 0.773. The molecule has 1 N–H and O–H groups in total. The van der Waals surface area contributed by atoms with Gasteiger partial charge in [-0.3, -0.25) is 9.78 Å². The van der Waals surface area contributed by atoms with E-state index in [1.165, 1.54) is 0 Å². The van der Waals surface area contributed by atoms with E-state index < -0.39 is 11.4 Å². The predicted octanol–water partition coefficient (Wildman–Crippen LogP) is 2.66. The number of hydrogen-bond acceptors (Lipinski definition) is 3. The highest BCUT2D eigenvalue weighted by molar-refractivity contribution is 5.73. The van der Waals surface area contributed by atoms with Crippen molar-refractivity contribution in [2.45, 2.75) is 33.6 Å². The molecular formula is C13H19NO3. The molecule has 0 spiro atoms. The van der Waals surface area contributed by atoms with Gasteiger partial charge in [-0.05, 0) is 45.7 Å². The first kappa shape index (κ1) is 13.5. The zero-order valence-electron chi connectivity index (χ0n) is 10.6. The summed E-state index contributed by atoms with van der Waals surface area (Å²) in [6.45, 7) is 5.88. The zero-order chi connectivity index (χ0) is 12.9. The average molecular weight is 237 g/mol. The predicted molar refractivity (Wildman–Crippen MR) is 65.1 cm³/mol. The van der Waals surface area contributed by atoms with Crippen LogP contribution in [0.15, 0.2) is 18.3 Å². The van der Waals surface area contributed by atoms with E-state index in [1.807, 2.05) is 19.1 Å². The van der Waals surface area contributed by atoms with Crippen molar-refractivity contribution in [1.29, 1.82) is 0 Å². The Morgan fingerprint density at radius 1 is 1.47 bits per heavy atom. The van der Waals surface area contributed by atoms with Gasteiger partial charge in [0, 0.05) is 5.69 Å². The van der Waals surface area contributed by atoms with E-state index in [0.717, 1.165) is 11.4 Å². The van der Waals surface area contributed by atoms with E-state index in [4.69, 9.17) is 9.84 Å². The third kappa shape index (κ3) is 4.43. The fourth-order valence-electron chi connectivity index (χ4n) is 1.35. The lowest BCUT2D eigenvalue weighted by Gasteiger charge is -2.18. The number of carboxylic acids is 1. The number of carbonyl (C=O) groups is 1. The Bertz CT molecular complexity index is 371. The molecule has 94 valence electrons. The molecule has 0 unspecified atom stereocenters. The third-order valence-electron chi connectivity index (χ3n) is 2.68. The molecule has 0 aliphatic rings. The summed E-state index contributed by atoms with van der Waals surface area (Å²) in [7, 11) is 0. The molecule has 0 aromatic carbocycles. The molecule has 0 radical (unpaired) electrons. The minimum Gasteiger partial charge on any atom is -0.492 e. The number of aryl methyl sites for hydroxylation is 1. The van der Waals surface area contributed by atoms with Crippen molar-refractivity contribution in [2.75, 3.05) is 6.61 Å². The van der Waals surface area contributed by atoms with E-state index in [1.54, 1.807) is 20.0 Å². The van der Waals surface area contributed by atoms with Crippen LogP contribution in [0.1, 0.15) is 32.4 Å². The molecule has 0 saturated heterocycles. The Labute approximate surface area is 102 Å². The lowest BCUT2D eigenvalue weighted by atomic mass is 9.88. The van der Waals surface area contributed by atoms with Gasteiger partial charge < -0.3 is 9.84 Å². The molecule has 0 atom stereocenters. The number of ether oxygens (including phenoxy) is 1. The van der Waals surface area contributed by atoms with Crippen LogP contribution in [0, 0.1) is 12.3 Å². The molecule has 0 fully saturated rings. The average Bonchev–Trinajstić information content (AvgIpc) is 2.26. The summed E-state index contributed by atoms with van der Waals surface area (Å²) in [4.78, 5) is 15.0. The van der Waals surface area contributed by atoms with Crippen LogP contribution in [0.5, 0.6) is 5.75 Å². The summed E-state index contributed by atoms with van der Waals surface area (Å²) in [5, 5.41) is 8.94. The van der Waals surface area contributed by atoms with Crippen LogP contribution in [0.25, 0.3) is 0 Å². The Balaban J connectivity index is 2.29. The van der Waals surface area contributed by atoms with Crippen LogP contribution in [0.4, 0.5) is 0 Å². The summed E-state index contributed by atoms with van der Waals surface area (Å²) >= 11 is 0. The number of rotatable bonds is 6. The molecule has 4 nitrogen and oxygen atoms in total. The van der Waals surface area contributed by atoms with Gasteiger partial charge in [-0.15, -0.1) is 0 Å². The number of aliphatic carboxylic acids is 1. The van der Waals surface area contributed by atoms with E-state index in [0.29, 0.717) is 19.4 Å². The third-order valence-corrected chi connectivity index (χ3v) is 2.68. The maximum Gasteiger partial charge on any atom is 0.309 e. The second kappa shape index (κ2) is 5.66. The lowest BCUT2D eigenvalue weighted by Crippen LogP contribution is -2.24. The molecule has 1 aromatic heterocycles.